The fourth-order valence-corrected chi connectivity index (χ4v) is 4.39. The van der Waals surface area contributed by atoms with Gasteiger partial charge in [0.1, 0.15) is 0 Å². The van der Waals surface area contributed by atoms with Gasteiger partial charge in [0.05, 0.1) is 159 Å². The van der Waals surface area contributed by atoms with E-state index in [1.807, 2.05) is 0 Å². The second-order valence-electron chi connectivity index (χ2n) is 11.5. The minimum absolute atomic E-state index is 0.514. The van der Waals surface area contributed by atoms with Crippen LogP contribution in [0.3, 0.4) is 0 Å². The third kappa shape index (κ3) is 49.8. The maximum Gasteiger partial charge on any atom is 0.0701 e. The van der Waals surface area contributed by atoms with Gasteiger partial charge in [-0.25, -0.2) is 0 Å². The first-order valence-corrected chi connectivity index (χ1v) is 20.0. The van der Waals surface area contributed by atoms with E-state index >= 15 is 0 Å². The van der Waals surface area contributed by atoms with E-state index in [0.717, 1.165) is 38.4 Å². The minimum atomic E-state index is 0.514. The molecule has 0 amide bonds. The number of ether oxygens (including phenoxy) is 13. The number of hydrogen-bond acceptors (Lipinski definition) is 13. The Balaban J connectivity index is 3.04. The Labute approximate surface area is 315 Å². The molecule has 0 saturated heterocycles. The van der Waals surface area contributed by atoms with Crippen LogP contribution in [-0.4, -0.2) is 178 Å². The summed E-state index contributed by atoms with van der Waals surface area (Å²) in [5.41, 5.74) is 0. The van der Waals surface area contributed by atoms with Gasteiger partial charge in [-0.2, -0.15) is 0 Å². The van der Waals surface area contributed by atoms with Crippen LogP contribution in [-0.2, 0) is 61.6 Å². The molecule has 51 heavy (non-hydrogen) atoms. The summed E-state index contributed by atoms with van der Waals surface area (Å²) >= 11 is 5.66. The van der Waals surface area contributed by atoms with Gasteiger partial charge in [-0.3, -0.25) is 0 Å². The van der Waals surface area contributed by atoms with E-state index in [4.69, 9.17) is 73.2 Å². The first-order chi connectivity index (χ1) is 25.4. The molecule has 0 saturated carbocycles. The predicted molar refractivity (Wildman–Crippen MR) is 199 cm³/mol. The summed E-state index contributed by atoms with van der Waals surface area (Å²) in [6.45, 7) is 16.9. The highest BCUT2D eigenvalue weighted by Crippen LogP contribution is 2.02. The van der Waals surface area contributed by atoms with Crippen molar-refractivity contribution in [2.75, 3.05) is 178 Å². The highest BCUT2D eigenvalue weighted by Gasteiger charge is 1.98. The first kappa shape index (κ1) is 50.8. The summed E-state index contributed by atoms with van der Waals surface area (Å²) in [6, 6.07) is 0. The lowest BCUT2D eigenvalue weighted by atomic mass is 10.2. The van der Waals surface area contributed by atoms with E-state index in [2.05, 4.69) is 6.92 Å². The van der Waals surface area contributed by atoms with Crippen LogP contribution < -0.4 is 0 Å². The van der Waals surface area contributed by atoms with Crippen LogP contribution in [0.15, 0.2) is 0 Å². The van der Waals surface area contributed by atoms with Crippen LogP contribution >= 0.6 is 11.6 Å². The third-order valence-corrected chi connectivity index (χ3v) is 7.30. The Kier molecular flexibility index (Phi) is 49.5. The molecule has 0 spiro atoms. The van der Waals surface area contributed by atoms with Crippen molar-refractivity contribution < 1.29 is 61.6 Å². The van der Waals surface area contributed by atoms with Crippen molar-refractivity contribution in [2.45, 2.75) is 64.7 Å². The van der Waals surface area contributed by atoms with Gasteiger partial charge in [0.25, 0.3) is 0 Å². The Morgan fingerprint density at radius 3 is 0.588 bits per heavy atom. The standard InChI is InChI=1S/C37H75ClO13/c1-2-3-4-6-9-12-39-14-16-41-18-20-43-22-24-45-26-28-47-30-32-49-34-36-51-37-35-50-33-31-48-29-27-46-25-23-44-21-19-42-17-15-40-13-10-7-5-8-11-38/h2-37H2,1H3. The molecule has 0 atom stereocenters. The Bertz CT molecular complexity index is 551. The first-order valence-electron chi connectivity index (χ1n) is 19.5. The lowest BCUT2D eigenvalue weighted by Crippen LogP contribution is -2.15. The van der Waals surface area contributed by atoms with Gasteiger partial charge in [-0.15, -0.1) is 11.6 Å². The zero-order valence-electron chi connectivity index (χ0n) is 32.1. The van der Waals surface area contributed by atoms with Gasteiger partial charge >= 0.3 is 0 Å². The average Bonchev–Trinajstić information content (AvgIpc) is 3.14. The van der Waals surface area contributed by atoms with Gasteiger partial charge in [0, 0.05) is 19.1 Å². The zero-order chi connectivity index (χ0) is 36.6. The fourth-order valence-electron chi connectivity index (χ4n) is 4.20. The van der Waals surface area contributed by atoms with E-state index in [-0.39, 0.29) is 0 Å². The molecule has 0 aliphatic heterocycles. The number of alkyl halides is 1. The number of halogens is 1. The molecule has 308 valence electrons. The molecule has 0 bridgehead atoms. The molecule has 14 heteroatoms. The van der Waals surface area contributed by atoms with Crippen molar-refractivity contribution in [1.29, 1.82) is 0 Å². The smallest absolute Gasteiger partial charge is 0.0701 e. The maximum absolute atomic E-state index is 5.66. The van der Waals surface area contributed by atoms with Crippen molar-refractivity contribution in [3.8, 4) is 0 Å². The molecule has 0 aliphatic rings. The van der Waals surface area contributed by atoms with Gasteiger partial charge in [-0.05, 0) is 19.3 Å². The Morgan fingerprint density at radius 1 is 0.216 bits per heavy atom. The number of hydrogen-bond donors (Lipinski definition) is 0. The topological polar surface area (TPSA) is 120 Å². The molecular weight excluding hydrogens is 688 g/mol. The summed E-state index contributed by atoms with van der Waals surface area (Å²) in [6.07, 6.45) is 10.8. The fraction of sp³-hybridized carbons (Fsp3) is 1.00. The molecule has 0 aromatic carbocycles. The van der Waals surface area contributed by atoms with E-state index in [0.29, 0.717) is 159 Å². The van der Waals surface area contributed by atoms with Crippen LogP contribution in [0.2, 0.25) is 0 Å². The molecule has 0 N–H and O–H groups in total. The lowest BCUT2D eigenvalue weighted by Gasteiger charge is -2.09. The average molecular weight is 763 g/mol. The predicted octanol–water partition coefficient (Wildman–Crippen LogP) is 4.97. The monoisotopic (exact) mass is 762 g/mol. The molecule has 0 rings (SSSR count). The summed E-state index contributed by atoms with van der Waals surface area (Å²) in [4.78, 5) is 0. The van der Waals surface area contributed by atoms with Crippen LogP contribution in [0, 0.1) is 0 Å². The SMILES string of the molecule is CCCCCCCOCCOCCOCCOCCOCCOCCOCCOCCOCCOCCOCCOCCOCCCCCCCl. The van der Waals surface area contributed by atoms with E-state index in [1.165, 1.54) is 38.5 Å². The van der Waals surface area contributed by atoms with Crippen molar-refractivity contribution in [3.63, 3.8) is 0 Å². The molecule has 0 fully saturated rings. The molecule has 0 unspecified atom stereocenters. The second kappa shape index (κ2) is 49.8. The Morgan fingerprint density at radius 2 is 0.392 bits per heavy atom. The number of rotatable bonds is 48. The van der Waals surface area contributed by atoms with Crippen LogP contribution in [0.5, 0.6) is 0 Å². The Hall–Kier alpha value is -0.230. The largest absolute Gasteiger partial charge is 0.379 e. The summed E-state index contributed by atoms with van der Waals surface area (Å²) in [5.74, 6) is 0.744. The maximum atomic E-state index is 5.66. The molecule has 0 aromatic heterocycles. The van der Waals surface area contributed by atoms with Crippen molar-refractivity contribution >= 4 is 11.6 Å². The second-order valence-corrected chi connectivity index (χ2v) is 11.9. The van der Waals surface area contributed by atoms with Crippen LogP contribution in [0.4, 0.5) is 0 Å². The molecule has 0 aliphatic carbocycles. The quantitative estimate of drug-likeness (QED) is 0.0614. The summed E-state index contributed by atoms with van der Waals surface area (Å²) in [7, 11) is 0. The van der Waals surface area contributed by atoms with Crippen LogP contribution in [0.1, 0.15) is 64.7 Å². The molecule has 0 heterocycles. The summed E-state index contributed by atoms with van der Waals surface area (Å²) < 4.78 is 71.6. The van der Waals surface area contributed by atoms with Gasteiger partial charge in [0.2, 0.25) is 0 Å². The van der Waals surface area contributed by atoms with E-state index in [9.17, 15) is 0 Å². The van der Waals surface area contributed by atoms with Gasteiger partial charge in [0.15, 0.2) is 0 Å². The lowest BCUT2D eigenvalue weighted by molar-refractivity contribution is -0.0290. The van der Waals surface area contributed by atoms with Crippen molar-refractivity contribution in [1.82, 2.24) is 0 Å². The third-order valence-electron chi connectivity index (χ3n) is 7.03. The highest BCUT2D eigenvalue weighted by molar-refractivity contribution is 6.17. The molecule has 0 radical (unpaired) electrons. The normalized spacial score (nSPS) is 11.6. The molecule has 0 aromatic rings. The molecule has 13 nitrogen and oxygen atoms in total. The van der Waals surface area contributed by atoms with Crippen molar-refractivity contribution in [2.24, 2.45) is 0 Å². The highest BCUT2D eigenvalue weighted by atomic mass is 35.5. The van der Waals surface area contributed by atoms with Crippen molar-refractivity contribution in [3.05, 3.63) is 0 Å². The molecular formula is C37H75ClO13. The van der Waals surface area contributed by atoms with Gasteiger partial charge in [-0.1, -0.05) is 45.4 Å². The summed E-state index contributed by atoms with van der Waals surface area (Å²) in [5, 5.41) is 0. The van der Waals surface area contributed by atoms with E-state index < -0.39 is 0 Å². The van der Waals surface area contributed by atoms with Crippen LogP contribution in [0.25, 0.3) is 0 Å². The minimum Gasteiger partial charge on any atom is -0.379 e. The van der Waals surface area contributed by atoms with E-state index in [1.54, 1.807) is 0 Å². The zero-order valence-corrected chi connectivity index (χ0v) is 32.9. The van der Waals surface area contributed by atoms with Gasteiger partial charge < -0.3 is 61.6 Å². The number of unbranched alkanes of at least 4 members (excludes halogenated alkanes) is 7.